The quantitative estimate of drug-likeness (QED) is 0.699. The van der Waals surface area contributed by atoms with E-state index in [1.165, 1.54) is 0 Å². The van der Waals surface area contributed by atoms with Gasteiger partial charge in [-0.15, -0.1) is 0 Å². The second kappa shape index (κ2) is 7.70. The Hall–Kier alpha value is -3.02. The zero-order valence-corrected chi connectivity index (χ0v) is 15.5. The molecular weight excluding hydrogens is 340 g/mol. The van der Waals surface area contributed by atoms with Gasteiger partial charge in [-0.1, -0.05) is 18.2 Å². The highest BCUT2D eigenvalue weighted by molar-refractivity contribution is 5.86. The largest absolute Gasteiger partial charge is 0.495 e. The van der Waals surface area contributed by atoms with E-state index in [0.29, 0.717) is 13.0 Å². The number of carbonyl (C=O) groups is 1. The van der Waals surface area contributed by atoms with Gasteiger partial charge in [0.2, 0.25) is 5.91 Å². The van der Waals surface area contributed by atoms with Crippen molar-refractivity contribution in [1.29, 1.82) is 0 Å². The van der Waals surface area contributed by atoms with Crippen LogP contribution in [0.15, 0.2) is 54.9 Å². The lowest BCUT2D eigenvalue weighted by Crippen LogP contribution is -2.49. The Balaban J connectivity index is 1.36. The van der Waals surface area contributed by atoms with Crippen LogP contribution in [0.25, 0.3) is 10.9 Å². The van der Waals surface area contributed by atoms with Crippen molar-refractivity contribution < 1.29 is 9.53 Å². The Morgan fingerprint density at radius 1 is 1.07 bits per heavy atom. The summed E-state index contributed by atoms with van der Waals surface area (Å²) in [6.07, 6.45) is 4.33. The van der Waals surface area contributed by atoms with Gasteiger partial charge in [-0.05, 0) is 24.3 Å². The first-order valence-electron chi connectivity index (χ1n) is 9.32. The Kier molecular flexibility index (Phi) is 4.96. The van der Waals surface area contributed by atoms with E-state index >= 15 is 0 Å². The molecule has 0 bridgehead atoms. The molecule has 6 nitrogen and oxygen atoms in total. The van der Waals surface area contributed by atoms with Gasteiger partial charge >= 0.3 is 0 Å². The molecule has 1 aliphatic rings. The van der Waals surface area contributed by atoms with Gasteiger partial charge in [0.05, 0.1) is 12.6 Å². The fourth-order valence-electron chi connectivity index (χ4n) is 3.68. The fraction of sp³-hybridized carbons (Fsp3) is 0.333. The van der Waals surface area contributed by atoms with E-state index in [1.54, 1.807) is 7.11 Å². The van der Waals surface area contributed by atoms with Crippen molar-refractivity contribution in [3.05, 3.63) is 54.9 Å². The maximum atomic E-state index is 12.7. The minimum Gasteiger partial charge on any atom is -0.495 e. The third kappa shape index (κ3) is 3.60. The molecule has 27 heavy (non-hydrogen) atoms. The number of methoxy groups -OCH3 is 1. The van der Waals surface area contributed by atoms with Crippen molar-refractivity contribution in [2.24, 2.45) is 0 Å². The molecule has 0 atom stereocenters. The molecule has 1 saturated heterocycles. The third-order valence-corrected chi connectivity index (χ3v) is 5.14. The zero-order valence-electron chi connectivity index (χ0n) is 15.5. The van der Waals surface area contributed by atoms with Crippen molar-refractivity contribution in [2.75, 3.05) is 38.2 Å². The predicted molar refractivity (Wildman–Crippen MR) is 106 cm³/mol. The molecule has 3 aromatic rings. The van der Waals surface area contributed by atoms with Gasteiger partial charge in [0, 0.05) is 56.9 Å². The molecule has 3 heterocycles. The van der Waals surface area contributed by atoms with Crippen LogP contribution in [0, 0.1) is 0 Å². The second-order valence-electron chi connectivity index (χ2n) is 6.71. The Bertz CT molecular complexity index is 914. The Labute approximate surface area is 159 Å². The van der Waals surface area contributed by atoms with Gasteiger partial charge < -0.3 is 19.1 Å². The van der Waals surface area contributed by atoms with Crippen LogP contribution in [0.4, 0.5) is 5.82 Å². The number of fused-ring (bicyclic) bond motifs is 1. The molecule has 6 heteroatoms. The van der Waals surface area contributed by atoms with Crippen LogP contribution in [0.1, 0.15) is 6.42 Å². The zero-order chi connectivity index (χ0) is 18.6. The summed E-state index contributed by atoms with van der Waals surface area (Å²) in [5, 5.41) is 1.13. The molecule has 140 valence electrons. The maximum absolute atomic E-state index is 12.7. The van der Waals surface area contributed by atoms with E-state index in [-0.39, 0.29) is 5.91 Å². The number of anilines is 1. The number of para-hydroxylation sites is 1. The van der Waals surface area contributed by atoms with Gasteiger partial charge in [-0.2, -0.15) is 0 Å². The smallest absolute Gasteiger partial charge is 0.224 e. The third-order valence-electron chi connectivity index (χ3n) is 5.14. The first-order valence-corrected chi connectivity index (χ1v) is 9.32. The standard InChI is InChI=1S/C21H24N4O2/c1-27-18-6-4-5-17-8-11-25(21(17)18)12-9-20(26)24-15-13-23(14-16-24)19-7-2-3-10-22-19/h2-8,10-11H,9,12-16H2,1H3. The first kappa shape index (κ1) is 17.4. The molecule has 1 aromatic carbocycles. The monoisotopic (exact) mass is 364 g/mol. The molecule has 0 N–H and O–H groups in total. The van der Waals surface area contributed by atoms with Crippen molar-refractivity contribution in [2.45, 2.75) is 13.0 Å². The first-order chi connectivity index (χ1) is 13.3. The molecule has 0 unspecified atom stereocenters. The lowest BCUT2D eigenvalue weighted by Gasteiger charge is -2.35. The van der Waals surface area contributed by atoms with E-state index in [2.05, 4.69) is 26.6 Å². The van der Waals surface area contributed by atoms with Crippen LogP contribution in [-0.2, 0) is 11.3 Å². The normalized spacial score (nSPS) is 14.6. The maximum Gasteiger partial charge on any atom is 0.224 e. The number of carbonyl (C=O) groups excluding carboxylic acids is 1. The molecule has 0 spiro atoms. The lowest BCUT2D eigenvalue weighted by atomic mass is 10.2. The van der Waals surface area contributed by atoms with Gasteiger partial charge in [0.25, 0.3) is 0 Å². The molecule has 0 saturated carbocycles. The van der Waals surface area contributed by atoms with E-state index < -0.39 is 0 Å². The summed E-state index contributed by atoms with van der Waals surface area (Å²) >= 11 is 0. The number of aryl methyl sites for hydroxylation is 1. The van der Waals surface area contributed by atoms with Crippen molar-refractivity contribution in [3.63, 3.8) is 0 Å². The minimum absolute atomic E-state index is 0.201. The molecule has 1 fully saturated rings. The Morgan fingerprint density at radius 3 is 2.67 bits per heavy atom. The molecule has 4 rings (SSSR count). The molecule has 0 radical (unpaired) electrons. The highest BCUT2D eigenvalue weighted by Crippen LogP contribution is 2.26. The van der Waals surface area contributed by atoms with Gasteiger partial charge in [-0.3, -0.25) is 4.79 Å². The molecule has 1 aliphatic heterocycles. The van der Waals surface area contributed by atoms with Gasteiger partial charge in [0.1, 0.15) is 11.6 Å². The number of ether oxygens (including phenoxy) is 1. The number of pyridine rings is 1. The van der Waals surface area contributed by atoms with Crippen LogP contribution in [0.5, 0.6) is 5.75 Å². The summed E-state index contributed by atoms with van der Waals surface area (Å²) in [5.41, 5.74) is 1.05. The van der Waals surface area contributed by atoms with E-state index in [0.717, 1.165) is 48.6 Å². The summed E-state index contributed by atoms with van der Waals surface area (Å²) in [7, 11) is 1.68. The number of rotatable bonds is 5. The summed E-state index contributed by atoms with van der Waals surface area (Å²) in [5.74, 6) is 2.02. The van der Waals surface area contributed by atoms with E-state index in [9.17, 15) is 4.79 Å². The topological polar surface area (TPSA) is 50.6 Å². The van der Waals surface area contributed by atoms with Crippen LogP contribution < -0.4 is 9.64 Å². The summed E-state index contributed by atoms with van der Waals surface area (Å²) in [6, 6.07) is 14.0. The summed E-state index contributed by atoms with van der Waals surface area (Å²) in [4.78, 5) is 21.3. The average molecular weight is 364 g/mol. The number of amides is 1. The molecule has 2 aromatic heterocycles. The predicted octanol–water partition coefficient (Wildman–Crippen LogP) is 2.78. The minimum atomic E-state index is 0.201. The lowest BCUT2D eigenvalue weighted by molar-refractivity contribution is -0.131. The summed E-state index contributed by atoms with van der Waals surface area (Å²) in [6.45, 7) is 3.78. The van der Waals surface area contributed by atoms with Crippen LogP contribution in [0.3, 0.4) is 0 Å². The Morgan fingerprint density at radius 2 is 1.93 bits per heavy atom. The van der Waals surface area contributed by atoms with Crippen molar-refractivity contribution >= 4 is 22.6 Å². The van der Waals surface area contributed by atoms with Crippen LogP contribution in [0.2, 0.25) is 0 Å². The number of aromatic nitrogens is 2. The highest BCUT2D eigenvalue weighted by atomic mass is 16.5. The fourth-order valence-corrected chi connectivity index (χ4v) is 3.68. The number of nitrogens with zero attached hydrogens (tertiary/aromatic N) is 4. The SMILES string of the molecule is COc1cccc2ccn(CCC(=O)N3CCN(c4ccccn4)CC3)c12. The number of hydrogen-bond donors (Lipinski definition) is 0. The van der Waals surface area contributed by atoms with Crippen molar-refractivity contribution in [3.8, 4) is 5.75 Å². The van der Waals surface area contributed by atoms with Crippen LogP contribution >= 0.6 is 0 Å². The van der Waals surface area contributed by atoms with Gasteiger partial charge in [-0.25, -0.2) is 4.98 Å². The van der Waals surface area contributed by atoms with Crippen molar-refractivity contribution in [1.82, 2.24) is 14.5 Å². The number of hydrogen-bond acceptors (Lipinski definition) is 4. The number of piperazine rings is 1. The average Bonchev–Trinajstić information content (AvgIpc) is 3.16. The summed E-state index contributed by atoms with van der Waals surface area (Å²) < 4.78 is 7.58. The van der Waals surface area contributed by atoms with Gasteiger partial charge in [0.15, 0.2) is 0 Å². The number of benzene rings is 1. The molecule has 0 aliphatic carbocycles. The van der Waals surface area contributed by atoms with Crippen LogP contribution in [-0.4, -0.2) is 53.6 Å². The van der Waals surface area contributed by atoms with E-state index in [1.807, 2.05) is 47.6 Å². The molecule has 1 amide bonds. The second-order valence-corrected chi connectivity index (χ2v) is 6.71. The molecular formula is C21H24N4O2. The highest BCUT2D eigenvalue weighted by Gasteiger charge is 2.21. The van der Waals surface area contributed by atoms with E-state index in [4.69, 9.17) is 4.74 Å².